The Kier molecular flexibility index (Phi) is 3.47. The summed E-state index contributed by atoms with van der Waals surface area (Å²) in [6.07, 6.45) is 1.74. The summed E-state index contributed by atoms with van der Waals surface area (Å²) >= 11 is 0.943. The van der Waals surface area contributed by atoms with Crippen molar-refractivity contribution in [1.29, 1.82) is 5.26 Å². The summed E-state index contributed by atoms with van der Waals surface area (Å²) in [5.41, 5.74) is 0.637. The first kappa shape index (κ1) is 12.8. The van der Waals surface area contributed by atoms with Crippen LogP contribution in [0.1, 0.15) is 10.6 Å². The van der Waals surface area contributed by atoms with Crippen LogP contribution in [-0.4, -0.2) is 18.2 Å². The molecule has 0 radical (unpaired) electrons. The van der Waals surface area contributed by atoms with Crippen molar-refractivity contribution < 1.29 is 8.42 Å². The molecule has 0 amide bonds. The fourth-order valence-electron chi connectivity index (χ4n) is 1.32. The van der Waals surface area contributed by atoms with Crippen LogP contribution in [0.25, 0.3) is 0 Å². The van der Waals surface area contributed by atoms with Crippen molar-refractivity contribution in [2.45, 2.75) is 10.8 Å². The Balaban J connectivity index is 2.10. The number of nitrogens with zero attached hydrogens (tertiary/aromatic N) is 3. The molecule has 0 saturated heterocycles. The SMILES string of the molecule is Cn1ccc(CNS(=O)(=O)c2ccc(C#N)s2)n1. The second-order valence-corrected chi connectivity index (χ2v) is 6.61. The fourth-order valence-corrected chi connectivity index (χ4v) is 3.47. The van der Waals surface area contributed by atoms with Gasteiger partial charge in [0.1, 0.15) is 15.2 Å². The second kappa shape index (κ2) is 4.89. The summed E-state index contributed by atoms with van der Waals surface area (Å²) in [7, 11) is -1.81. The van der Waals surface area contributed by atoms with Gasteiger partial charge in [0.05, 0.1) is 12.2 Å². The molecule has 1 N–H and O–H groups in total. The molecular formula is C10H10N4O2S2. The van der Waals surface area contributed by atoms with Crippen LogP contribution in [0.4, 0.5) is 0 Å². The molecule has 0 spiro atoms. The summed E-state index contributed by atoms with van der Waals surface area (Å²) in [6, 6.07) is 6.55. The van der Waals surface area contributed by atoms with Crippen LogP contribution in [0.5, 0.6) is 0 Å². The van der Waals surface area contributed by atoms with Crippen molar-refractivity contribution >= 4 is 21.4 Å². The van der Waals surface area contributed by atoms with Crippen LogP contribution < -0.4 is 4.72 Å². The first-order valence-electron chi connectivity index (χ1n) is 4.99. The van der Waals surface area contributed by atoms with Gasteiger partial charge in [0, 0.05) is 13.2 Å². The molecule has 2 heterocycles. The third-order valence-electron chi connectivity index (χ3n) is 2.17. The van der Waals surface area contributed by atoms with Crippen LogP contribution in [0.3, 0.4) is 0 Å². The van der Waals surface area contributed by atoms with Gasteiger partial charge in [-0.3, -0.25) is 4.68 Å². The molecule has 0 aromatic carbocycles. The van der Waals surface area contributed by atoms with Gasteiger partial charge >= 0.3 is 0 Å². The fraction of sp³-hybridized carbons (Fsp3) is 0.200. The van der Waals surface area contributed by atoms with Gasteiger partial charge in [-0.05, 0) is 18.2 Å². The molecule has 0 saturated carbocycles. The lowest BCUT2D eigenvalue weighted by atomic mass is 10.4. The van der Waals surface area contributed by atoms with Gasteiger partial charge in [0.2, 0.25) is 10.0 Å². The first-order chi connectivity index (χ1) is 8.51. The van der Waals surface area contributed by atoms with Gasteiger partial charge < -0.3 is 0 Å². The molecule has 0 aliphatic rings. The predicted molar refractivity (Wildman–Crippen MR) is 66.3 cm³/mol. The van der Waals surface area contributed by atoms with Crippen molar-refractivity contribution in [3.63, 3.8) is 0 Å². The zero-order valence-electron chi connectivity index (χ0n) is 9.49. The van der Waals surface area contributed by atoms with Crippen molar-refractivity contribution in [3.05, 3.63) is 35.0 Å². The molecule has 0 unspecified atom stereocenters. The number of sulfonamides is 1. The maximum atomic E-state index is 11.9. The minimum atomic E-state index is -3.57. The van der Waals surface area contributed by atoms with E-state index in [2.05, 4.69) is 9.82 Å². The highest BCUT2D eigenvalue weighted by Gasteiger charge is 2.16. The Bertz CT molecular complexity index is 694. The lowest BCUT2D eigenvalue weighted by molar-refractivity contribution is 0.581. The van der Waals surface area contributed by atoms with Crippen LogP contribution >= 0.6 is 11.3 Å². The zero-order valence-corrected chi connectivity index (χ0v) is 11.1. The number of hydrogen-bond donors (Lipinski definition) is 1. The van der Waals surface area contributed by atoms with Crippen molar-refractivity contribution in [1.82, 2.24) is 14.5 Å². The van der Waals surface area contributed by atoms with E-state index in [0.29, 0.717) is 10.6 Å². The molecule has 18 heavy (non-hydrogen) atoms. The lowest BCUT2D eigenvalue weighted by Gasteiger charge is -2.01. The maximum absolute atomic E-state index is 11.9. The molecule has 8 heteroatoms. The highest BCUT2D eigenvalue weighted by atomic mass is 32.2. The van der Waals surface area contributed by atoms with Gasteiger partial charge in [0.25, 0.3) is 0 Å². The number of thiophene rings is 1. The Morgan fingerprint density at radius 3 is 2.83 bits per heavy atom. The monoisotopic (exact) mass is 282 g/mol. The van der Waals surface area contributed by atoms with Crippen molar-refractivity contribution in [3.8, 4) is 6.07 Å². The van der Waals surface area contributed by atoms with E-state index in [-0.39, 0.29) is 10.8 Å². The molecule has 0 fully saturated rings. The Hall–Kier alpha value is -1.69. The summed E-state index contributed by atoms with van der Waals surface area (Å²) in [5, 5.41) is 12.7. The third-order valence-corrected chi connectivity index (χ3v) is 5.05. The topological polar surface area (TPSA) is 87.8 Å². The summed E-state index contributed by atoms with van der Waals surface area (Å²) < 4.78 is 28.0. The second-order valence-electron chi connectivity index (χ2n) is 3.54. The molecule has 2 rings (SSSR count). The zero-order chi connectivity index (χ0) is 13.2. The molecule has 0 atom stereocenters. The highest BCUT2D eigenvalue weighted by molar-refractivity contribution is 7.91. The average molecular weight is 282 g/mol. The van der Waals surface area contributed by atoms with Crippen LogP contribution in [0.15, 0.2) is 28.6 Å². The van der Waals surface area contributed by atoms with Crippen LogP contribution in [-0.2, 0) is 23.6 Å². The standard InChI is InChI=1S/C10H10N4O2S2/c1-14-5-4-8(13-14)7-12-18(15,16)10-3-2-9(6-11)17-10/h2-5,12H,7H2,1H3. The number of aromatic nitrogens is 2. The maximum Gasteiger partial charge on any atom is 0.250 e. The summed E-state index contributed by atoms with van der Waals surface area (Å²) in [4.78, 5) is 0.369. The number of aryl methyl sites for hydroxylation is 1. The quantitative estimate of drug-likeness (QED) is 0.899. The molecule has 6 nitrogen and oxygen atoms in total. The number of nitrogens with one attached hydrogen (secondary N) is 1. The number of hydrogen-bond acceptors (Lipinski definition) is 5. The Morgan fingerprint density at radius 1 is 1.50 bits per heavy atom. The number of rotatable bonds is 4. The molecule has 2 aromatic rings. The van der Waals surface area contributed by atoms with E-state index in [1.54, 1.807) is 24.0 Å². The third kappa shape index (κ3) is 2.76. The predicted octanol–water partition coefficient (Wildman–Crippen LogP) is 0.832. The Morgan fingerprint density at radius 2 is 2.28 bits per heavy atom. The summed E-state index contributed by atoms with van der Waals surface area (Å²) in [6.45, 7) is 0.128. The molecular weight excluding hydrogens is 272 g/mol. The Labute approximate surface area is 109 Å². The largest absolute Gasteiger partial charge is 0.276 e. The lowest BCUT2D eigenvalue weighted by Crippen LogP contribution is -2.22. The van der Waals surface area contributed by atoms with Gasteiger partial charge in [-0.15, -0.1) is 11.3 Å². The minimum absolute atomic E-state index is 0.128. The van der Waals surface area contributed by atoms with Crippen molar-refractivity contribution in [2.24, 2.45) is 7.05 Å². The van der Waals surface area contributed by atoms with E-state index in [9.17, 15) is 8.42 Å². The van der Waals surface area contributed by atoms with E-state index in [0.717, 1.165) is 11.3 Å². The normalized spacial score (nSPS) is 11.3. The minimum Gasteiger partial charge on any atom is -0.276 e. The van der Waals surface area contributed by atoms with E-state index in [1.807, 2.05) is 6.07 Å². The van der Waals surface area contributed by atoms with Crippen LogP contribution in [0.2, 0.25) is 0 Å². The molecule has 0 aliphatic carbocycles. The van der Waals surface area contributed by atoms with E-state index >= 15 is 0 Å². The summed E-state index contributed by atoms with van der Waals surface area (Å²) in [5.74, 6) is 0. The molecule has 0 bridgehead atoms. The van der Waals surface area contributed by atoms with E-state index < -0.39 is 10.0 Å². The highest BCUT2D eigenvalue weighted by Crippen LogP contribution is 2.20. The first-order valence-corrected chi connectivity index (χ1v) is 7.29. The van der Waals surface area contributed by atoms with Crippen molar-refractivity contribution in [2.75, 3.05) is 0 Å². The van der Waals surface area contributed by atoms with Gasteiger partial charge in [-0.25, -0.2) is 13.1 Å². The van der Waals surface area contributed by atoms with Gasteiger partial charge in [0.15, 0.2) is 0 Å². The molecule has 2 aromatic heterocycles. The average Bonchev–Trinajstić information content (AvgIpc) is 2.95. The number of nitriles is 1. The van der Waals surface area contributed by atoms with E-state index in [4.69, 9.17) is 5.26 Å². The molecule has 0 aliphatic heterocycles. The van der Waals surface area contributed by atoms with E-state index in [1.165, 1.54) is 12.1 Å². The van der Waals surface area contributed by atoms with Gasteiger partial charge in [-0.1, -0.05) is 0 Å². The van der Waals surface area contributed by atoms with Gasteiger partial charge in [-0.2, -0.15) is 10.4 Å². The van der Waals surface area contributed by atoms with Crippen LogP contribution in [0, 0.1) is 11.3 Å². The molecule has 94 valence electrons. The smallest absolute Gasteiger partial charge is 0.250 e.